The summed E-state index contributed by atoms with van der Waals surface area (Å²) in [6, 6.07) is 6.11. The van der Waals surface area contributed by atoms with Gasteiger partial charge in [-0.3, -0.25) is 10.0 Å². The number of benzene rings is 1. The Hall–Kier alpha value is -1.69. The molecule has 1 saturated heterocycles. The second-order valence-corrected chi connectivity index (χ2v) is 10.4. The van der Waals surface area contributed by atoms with Gasteiger partial charge in [-0.2, -0.15) is 11.8 Å². The van der Waals surface area contributed by atoms with Gasteiger partial charge < -0.3 is 4.74 Å². The van der Waals surface area contributed by atoms with Crippen LogP contribution in [0.1, 0.15) is 27.2 Å². The molecule has 2 rings (SSSR count). The monoisotopic (exact) mass is 397 g/mol. The minimum atomic E-state index is -3.75. The standard InChI is InChI=1S/C18H23NO5S2/c1-4-5-11-24-13-6-8-14(9-7-13)26(22,23)15-10-12-25-18(2,3)16(15)17(20)19-21/h6-9,15-16,21H,10-12H2,1-3H3,(H,19,20)/t15?,16-/m0/s1. The van der Waals surface area contributed by atoms with Crippen LogP contribution in [-0.2, 0) is 14.6 Å². The zero-order valence-electron chi connectivity index (χ0n) is 15.0. The predicted molar refractivity (Wildman–Crippen MR) is 101 cm³/mol. The summed E-state index contributed by atoms with van der Waals surface area (Å²) in [6.07, 6.45) is 0.346. The van der Waals surface area contributed by atoms with Crippen molar-refractivity contribution in [2.75, 3.05) is 12.4 Å². The smallest absolute Gasteiger partial charge is 0.249 e. The number of hydrogen-bond acceptors (Lipinski definition) is 6. The maximum Gasteiger partial charge on any atom is 0.249 e. The van der Waals surface area contributed by atoms with Gasteiger partial charge in [0.1, 0.15) is 12.4 Å². The van der Waals surface area contributed by atoms with Crippen molar-refractivity contribution in [3.8, 4) is 17.6 Å². The van der Waals surface area contributed by atoms with E-state index in [9.17, 15) is 13.2 Å². The summed E-state index contributed by atoms with van der Waals surface area (Å²) >= 11 is 1.53. The summed E-state index contributed by atoms with van der Waals surface area (Å²) in [5, 5.41) is 8.18. The minimum Gasteiger partial charge on any atom is -0.481 e. The maximum absolute atomic E-state index is 13.1. The molecule has 0 saturated carbocycles. The fourth-order valence-electron chi connectivity index (χ4n) is 3.12. The Morgan fingerprint density at radius 1 is 1.38 bits per heavy atom. The van der Waals surface area contributed by atoms with Gasteiger partial charge in [0.2, 0.25) is 5.91 Å². The number of rotatable bonds is 5. The van der Waals surface area contributed by atoms with Crippen molar-refractivity contribution in [3.05, 3.63) is 24.3 Å². The molecular formula is C18H23NO5S2. The molecule has 0 aromatic heterocycles. The molecule has 142 valence electrons. The number of hydroxylamine groups is 1. The highest BCUT2D eigenvalue weighted by atomic mass is 32.2. The molecule has 0 spiro atoms. The molecule has 1 unspecified atom stereocenters. The van der Waals surface area contributed by atoms with Crippen molar-refractivity contribution in [3.63, 3.8) is 0 Å². The topological polar surface area (TPSA) is 92.7 Å². The van der Waals surface area contributed by atoms with Crippen molar-refractivity contribution in [1.29, 1.82) is 0 Å². The minimum absolute atomic E-state index is 0.134. The van der Waals surface area contributed by atoms with Gasteiger partial charge in [-0.15, -0.1) is 5.92 Å². The first-order valence-electron chi connectivity index (χ1n) is 8.18. The first kappa shape index (κ1) is 20.6. The number of carbonyl (C=O) groups is 1. The van der Waals surface area contributed by atoms with Gasteiger partial charge >= 0.3 is 0 Å². The summed E-state index contributed by atoms with van der Waals surface area (Å²) in [6.45, 7) is 5.59. The third-order valence-electron chi connectivity index (χ3n) is 4.43. The van der Waals surface area contributed by atoms with E-state index in [1.807, 2.05) is 13.8 Å². The molecule has 1 amide bonds. The van der Waals surface area contributed by atoms with Crippen LogP contribution in [0.2, 0.25) is 0 Å². The Morgan fingerprint density at radius 3 is 2.62 bits per heavy atom. The number of hydrogen-bond donors (Lipinski definition) is 2. The van der Waals surface area contributed by atoms with Gasteiger partial charge in [0.25, 0.3) is 0 Å². The second kappa shape index (κ2) is 8.33. The second-order valence-electron chi connectivity index (χ2n) is 6.46. The molecule has 2 atom stereocenters. The Morgan fingerprint density at radius 2 is 2.04 bits per heavy atom. The lowest BCUT2D eigenvalue weighted by Crippen LogP contribution is -2.52. The first-order valence-corrected chi connectivity index (χ1v) is 10.7. The van der Waals surface area contributed by atoms with Gasteiger partial charge in [-0.1, -0.05) is 5.92 Å². The van der Waals surface area contributed by atoms with Crippen molar-refractivity contribution < 1.29 is 23.2 Å². The SMILES string of the molecule is CC#CCOc1ccc(S(=O)(=O)C2CCSC(C)(C)[C@@H]2C(=O)NO)cc1. The zero-order chi connectivity index (χ0) is 19.4. The third-order valence-corrected chi connectivity index (χ3v) is 8.10. The Balaban J connectivity index is 2.31. The number of sulfone groups is 1. The average Bonchev–Trinajstić information content (AvgIpc) is 2.61. The van der Waals surface area contributed by atoms with E-state index >= 15 is 0 Å². The van der Waals surface area contributed by atoms with Crippen molar-refractivity contribution in [2.24, 2.45) is 5.92 Å². The van der Waals surface area contributed by atoms with E-state index in [-0.39, 0.29) is 11.5 Å². The van der Waals surface area contributed by atoms with E-state index in [1.54, 1.807) is 24.5 Å². The molecule has 1 aromatic carbocycles. The van der Waals surface area contributed by atoms with E-state index in [0.29, 0.717) is 17.9 Å². The van der Waals surface area contributed by atoms with E-state index in [2.05, 4.69) is 11.8 Å². The molecule has 26 heavy (non-hydrogen) atoms. The molecule has 6 nitrogen and oxygen atoms in total. The van der Waals surface area contributed by atoms with Gasteiger partial charge in [-0.25, -0.2) is 13.9 Å². The zero-order valence-corrected chi connectivity index (χ0v) is 16.6. The molecule has 1 fully saturated rings. The molecule has 0 bridgehead atoms. The van der Waals surface area contributed by atoms with Crippen LogP contribution in [-0.4, -0.2) is 41.9 Å². The normalized spacial score (nSPS) is 22.0. The van der Waals surface area contributed by atoms with Crippen LogP contribution < -0.4 is 10.2 Å². The number of thioether (sulfide) groups is 1. The van der Waals surface area contributed by atoms with E-state index in [1.165, 1.54) is 23.9 Å². The van der Waals surface area contributed by atoms with Crippen LogP contribution in [0.15, 0.2) is 29.2 Å². The summed E-state index contributed by atoms with van der Waals surface area (Å²) in [5.41, 5.74) is 1.63. The van der Waals surface area contributed by atoms with Crippen LogP contribution in [0.4, 0.5) is 0 Å². The number of nitrogens with one attached hydrogen (secondary N) is 1. The molecule has 1 aliphatic rings. The maximum atomic E-state index is 13.1. The van der Waals surface area contributed by atoms with Crippen LogP contribution in [0.5, 0.6) is 5.75 Å². The lowest BCUT2D eigenvalue weighted by molar-refractivity contribution is -0.134. The summed E-state index contributed by atoms with van der Waals surface area (Å²) in [4.78, 5) is 12.3. The predicted octanol–water partition coefficient (Wildman–Crippen LogP) is 2.27. The van der Waals surface area contributed by atoms with Crippen LogP contribution in [0.3, 0.4) is 0 Å². The Kier molecular flexibility index (Phi) is 6.61. The molecule has 0 radical (unpaired) electrons. The average molecular weight is 398 g/mol. The van der Waals surface area contributed by atoms with E-state index in [0.717, 1.165) is 0 Å². The third kappa shape index (κ3) is 4.34. The number of ether oxygens (including phenoxy) is 1. The molecule has 1 aliphatic heterocycles. The van der Waals surface area contributed by atoms with Crippen LogP contribution in [0.25, 0.3) is 0 Å². The molecule has 8 heteroatoms. The highest BCUT2D eigenvalue weighted by Crippen LogP contribution is 2.44. The summed E-state index contributed by atoms with van der Waals surface area (Å²) in [5.74, 6) is 5.11. The molecular weight excluding hydrogens is 374 g/mol. The molecule has 1 aromatic rings. The van der Waals surface area contributed by atoms with Crippen molar-refractivity contribution >= 4 is 27.5 Å². The van der Waals surface area contributed by atoms with Gasteiger partial charge in [-0.05, 0) is 57.2 Å². The highest BCUT2D eigenvalue weighted by molar-refractivity contribution is 8.01. The fraction of sp³-hybridized carbons (Fsp3) is 0.500. The van der Waals surface area contributed by atoms with E-state index in [4.69, 9.17) is 9.94 Å². The quantitative estimate of drug-likeness (QED) is 0.450. The first-order chi connectivity index (χ1) is 12.2. The Labute approximate surface area is 158 Å². The van der Waals surface area contributed by atoms with Gasteiger partial charge in [0.15, 0.2) is 9.84 Å². The summed E-state index contributed by atoms with van der Waals surface area (Å²) in [7, 11) is -3.75. The molecule has 2 N–H and O–H groups in total. The highest BCUT2D eigenvalue weighted by Gasteiger charge is 2.49. The molecule has 1 heterocycles. The lowest BCUT2D eigenvalue weighted by atomic mass is 9.88. The largest absolute Gasteiger partial charge is 0.481 e. The fourth-order valence-corrected chi connectivity index (χ4v) is 6.82. The van der Waals surface area contributed by atoms with Gasteiger partial charge in [0.05, 0.1) is 16.1 Å². The lowest BCUT2D eigenvalue weighted by Gasteiger charge is -2.41. The van der Waals surface area contributed by atoms with Crippen molar-refractivity contribution in [2.45, 2.75) is 42.1 Å². The Bertz CT molecular complexity index is 806. The van der Waals surface area contributed by atoms with Gasteiger partial charge in [0, 0.05) is 4.75 Å². The number of amides is 1. The number of carbonyl (C=O) groups excluding carboxylic acids is 1. The van der Waals surface area contributed by atoms with Crippen LogP contribution >= 0.6 is 11.8 Å². The van der Waals surface area contributed by atoms with Crippen LogP contribution in [0, 0.1) is 17.8 Å². The van der Waals surface area contributed by atoms with Crippen molar-refractivity contribution in [1.82, 2.24) is 5.48 Å². The summed E-state index contributed by atoms with van der Waals surface area (Å²) < 4.78 is 31.1. The van der Waals surface area contributed by atoms with E-state index < -0.39 is 31.7 Å². The molecule has 0 aliphatic carbocycles.